The molecule has 4 aliphatic rings. The number of piperidine rings is 2. The van der Waals surface area contributed by atoms with E-state index in [1.807, 2.05) is 0 Å². The smallest absolute Gasteiger partial charge is 0.102 e. The molecule has 0 saturated carbocycles. The van der Waals surface area contributed by atoms with E-state index in [1.54, 1.807) is 0 Å². The molecule has 4 fully saturated rings. The molecule has 0 N–H and O–H groups in total. The van der Waals surface area contributed by atoms with Gasteiger partial charge in [0.05, 0.1) is 53.4 Å². The lowest BCUT2D eigenvalue weighted by Gasteiger charge is -2.57. The van der Waals surface area contributed by atoms with Gasteiger partial charge in [0.15, 0.2) is 0 Å². The van der Waals surface area contributed by atoms with Crippen molar-refractivity contribution in [3.63, 3.8) is 0 Å². The highest BCUT2D eigenvalue weighted by atomic mass is 15.5. The first-order valence-electron chi connectivity index (χ1n) is 15.8. The lowest BCUT2D eigenvalue weighted by molar-refractivity contribution is -0.971. The van der Waals surface area contributed by atoms with Gasteiger partial charge in [-0.2, -0.15) is 0 Å². The molecule has 2 aromatic carbocycles. The van der Waals surface area contributed by atoms with Crippen molar-refractivity contribution in [2.45, 2.75) is 88.6 Å². The minimum atomic E-state index is 0.830. The van der Waals surface area contributed by atoms with Crippen LogP contribution in [0.2, 0.25) is 0 Å². The van der Waals surface area contributed by atoms with Crippen LogP contribution < -0.4 is 0 Å². The SMILES string of the molecule is C[N+]1(CCCC[N+]2(C)C3CCCC2CN(Cc2ccccc2)C3)C2CCCC1CN(Cc1ccccc1)C2. The summed E-state index contributed by atoms with van der Waals surface area (Å²) in [7, 11) is 5.25. The predicted molar refractivity (Wildman–Crippen MR) is 158 cm³/mol. The number of fused-ring (bicyclic) bond motifs is 4. The van der Waals surface area contributed by atoms with Crippen LogP contribution in [-0.4, -0.2) is 96.3 Å². The number of likely N-dealkylation sites (N-methyl/N-ethyl adjacent to an activating group) is 2. The summed E-state index contributed by atoms with van der Waals surface area (Å²) >= 11 is 0. The third-order valence-electron chi connectivity index (χ3n) is 11.4. The Balaban J connectivity index is 1.02. The third-order valence-corrected chi connectivity index (χ3v) is 11.4. The van der Waals surface area contributed by atoms with Crippen LogP contribution in [0.5, 0.6) is 0 Å². The normalized spacial score (nSPS) is 35.7. The first-order chi connectivity index (χ1) is 18.5. The first kappa shape index (κ1) is 26.5. The number of quaternary nitrogens is 2. The van der Waals surface area contributed by atoms with E-state index in [0.717, 1.165) is 37.3 Å². The maximum atomic E-state index is 2.77. The van der Waals surface area contributed by atoms with Crippen molar-refractivity contribution in [1.29, 1.82) is 0 Å². The van der Waals surface area contributed by atoms with E-state index < -0.39 is 0 Å². The Kier molecular flexibility index (Phi) is 7.96. The van der Waals surface area contributed by atoms with Crippen LogP contribution in [0, 0.1) is 0 Å². The molecule has 4 nitrogen and oxygen atoms in total. The molecule has 0 spiro atoms. The quantitative estimate of drug-likeness (QED) is 0.319. The molecule has 0 aliphatic carbocycles. The number of likely N-dealkylation sites (tertiary alicyclic amines) is 2. The number of benzene rings is 2. The summed E-state index contributed by atoms with van der Waals surface area (Å²) in [6.07, 6.45) is 11.4. The molecule has 4 heterocycles. The summed E-state index contributed by atoms with van der Waals surface area (Å²) in [6, 6.07) is 25.6. The highest BCUT2D eigenvalue weighted by molar-refractivity contribution is 5.15. The zero-order valence-corrected chi connectivity index (χ0v) is 24.2. The van der Waals surface area contributed by atoms with E-state index in [0.29, 0.717) is 0 Å². The molecule has 6 rings (SSSR count). The molecular weight excluding hydrogens is 464 g/mol. The summed E-state index contributed by atoms with van der Waals surface area (Å²) < 4.78 is 2.71. The fourth-order valence-electron chi connectivity index (χ4n) is 8.98. The average molecular weight is 517 g/mol. The van der Waals surface area contributed by atoms with E-state index in [2.05, 4.69) is 84.6 Å². The highest BCUT2D eigenvalue weighted by Gasteiger charge is 2.49. The van der Waals surface area contributed by atoms with Crippen molar-refractivity contribution in [2.75, 3.05) is 53.4 Å². The van der Waals surface area contributed by atoms with Gasteiger partial charge in [0.25, 0.3) is 0 Å². The van der Waals surface area contributed by atoms with Crippen molar-refractivity contribution < 1.29 is 8.97 Å². The Morgan fingerprint density at radius 3 is 1.24 bits per heavy atom. The molecule has 4 aliphatic heterocycles. The van der Waals surface area contributed by atoms with E-state index in [1.165, 1.54) is 111 Å². The van der Waals surface area contributed by atoms with Crippen LogP contribution in [0.15, 0.2) is 60.7 Å². The van der Waals surface area contributed by atoms with E-state index in [-0.39, 0.29) is 0 Å². The van der Waals surface area contributed by atoms with Gasteiger partial charge in [-0.25, -0.2) is 0 Å². The van der Waals surface area contributed by atoms with Gasteiger partial charge in [-0.05, 0) is 24.0 Å². The Morgan fingerprint density at radius 2 is 0.895 bits per heavy atom. The minimum absolute atomic E-state index is 0.830. The maximum Gasteiger partial charge on any atom is 0.102 e. The number of nitrogens with zero attached hydrogens (tertiary/aromatic N) is 4. The molecule has 4 bridgehead atoms. The first-order valence-corrected chi connectivity index (χ1v) is 15.8. The van der Waals surface area contributed by atoms with Gasteiger partial charge >= 0.3 is 0 Å². The van der Waals surface area contributed by atoms with Gasteiger partial charge in [0, 0.05) is 51.6 Å². The van der Waals surface area contributed by atoms with Crippen molar-refractivity contribution in [1.82, 2.24) is 9.80 Å². The predicted octanol–water partition coefficient (Wildman–Crippen LogP) is 5.53. The summed E-state index contributed by atoms with van der Waals surface area (Å²) in [5, 5.41) is 0. The van der Waals surface area contributed by atoms with Gasteiger partial charge in [0.2, 0.25) is 0 Å². The third kappa shape index (κ3) is 5.47. The lowest BCUT2D eigenvalue weighted by atomic mass is 9.86. The lowest BCUT2D eigenvalue weighted by Crippen LogP contribution is -2.71. The molecule has 38 heavy (non-hydrogen) atoms. The van der Waals surface area contributed by atoms with Gasteiger partial charge in [-0.1, -0.05) is 60.7 Å². The number of hydrogen-bond donors (Lipinski definition) is 0. The molecular formula is C34H52N4+2. The highest BCUT2D eigenvalue weighted by Crippen LogP contribution is 2.38. The second kappa shape index (κ2) is 11.4. The van der Waals surface area contributed by atoms with Crippen LogP contribution in [0.3, 0.4) is 0 Å². The van der Waals surface area contributed by atoms with Gasteiger partial charge in [-0.15, -0.1) is 0 Å². The van der Waals surface area contributed by atoms with Crippen molar-refractivity contribution in [2.24, 2.45) is 0 Å². The van der Waals surface area contributed by atoms with Crippen molar-refractivity contribution in [3.8, 4) is 0 Å². The monoisotopic (exact) mass is 516 g/mol. The van der Waals surface area contributed by atoms with Crippen LogP contribution in [0.1, 0.15) is 62.5 Å². The number of unbranched alkanes of at least 4 members (excludes halogenated alkanes) is 1. The van der Waals surface area contributed by atoms with Crippen LogP contribution in [0.25, 0.3) is 0 Å². The Bertz CT molecular complexity index is 912. The summed E-state index contributed by atoms with van der Waals surface area (Å²) in [5.41, 5.74) is 2.96. The second-order valence-corrected chi connectivity index (χ2v) is 13.7. The van der Waals surface area contributed by atoms with E-state index >= 15 is 0 Å². The number of piperazine rings is 2. The zero-order valence-electron chi connectivity index (χ0n) is 24.2. The van der Waals surface area contributed by atoms with Crippen LogP contribution in [0.4, 0.5) is 0 Å². The second-order valence-electron chi connectivity index (χ2n) is 13.7. The summed E-state index contributed by atoms with van der Waals surface area (Å²) in [5.74, 6) is 0. The molecule has 0 radical (unpaired) electrons. The molecule has 4 atom stereocenters. The molecule has 4 unspecified atom stereocenters. The molecule has 206 valence electrons. The minimum Gasteiger partial charge on any atom is -0.319 e. The zero-order chi connectivity index (χ0) is 26.0. The Labute approximate surface area is 232 Å². The fourth-order valence-corrected chi connectivity index (χ4v) is 8.98. The van der Waals surface area contributed by atoms with E-state index in [4.69, 9.17) is 0 Å². The topological polar surface area (TPSA) is 6.48 Å². The van der Waals surface area contributed by atoms with Crippen LogP contribution >= 0.6 is 0 Å². The van der Waals surface area contributed by atoms with Gasteiger partial charge in [0.1, 0.15) is 24.2 Å². The van der Waals surface area contributed by atoms with E-state index in [9.17, 15) is 0 Å². The molecule has 4 saturated heterocycles. The fraction of sp³-hybridized carbons (Fsp3) is 0.647. The summed E-state index contributed by atoms with van der Waals surface area (Å²) in [6.45, 7) is 10.2. The Morgan fingerprint density at radius 1 is 0.553 bits per heavy atom. The summed E-state index contributed by atoms with van der Waals surface area (Å²) in [4.78, 5) is 5.54. The molecule has 2 aromatic rings. The molecule has 0 aromatic heterocycles. The van der Waals surface area contributed by atoms with Crippen LogP contribution in [-0.2, 0) is 13.1 Å². The maximum absolute atomic E-state index is 2.77. The molecule has 0 amide bonds. The van der Waals surface area contributed by atoms with Gasteiger partial charge in [-0.3, -0.25) is 9.80 Å². The standard InChI is InChI=1S/C34H52N4/c1-37(31-17-11-18-32(37)26-35(25-31)23-29-13-5-3-6-14-29)21-9-10-22-38(2)33-19-12-20-34(38)28-36(27-33)24-30-15-7-4-8-16-30/h3-8,13-16,31-34H,9-12,17-28H2,1-2H3/q+2. The van der Waals surface area contributed by atoms with Crippen molar-refractivity contribution >= 4 is 0 Å². The molecule has 4 heteroatoms. The van der Waals surface area contributed by atoms with Gasteiger partial charge < -0.3 is 8.97 Å². The largest absolute Gasteiger partial charge is 0.319 e. The average Bonchev–Trinajstić information content (AvgIpc) is 2.89. The number of rotatable bonds is 9. The Hall–Kier alpha value is -1.72. The van der Waals surface area contributed by atoms with Crippen molar-refractivity contribution in [3.05, 3.63) is 71.8 Å². The number of hydrogen-bond acceptors (Lipinski definition) is 2.